The number of aryl methyl sites for hydroxylation is 3. The molecule has 0 atom stereocenters. The molecular weight excluding hydrogens is 366 g/mol. The Morgan fingerprint density at radius 1 is 1.10 bits per heavy atom. The van der Waals surface area contributed by atoms with Gasteiger partial charge in [-0.05, 0) is 38.5 Å². The maximum absolute atomic E-state index is 4.66. The van der Waals surface area contributed by atoms with Crippen LogP contribution in [0.15, 0.2) is 29.6 Å². The van der Waals surface area contributed by atoms with Crippen molar-refractivity contribution < 1.29 is 0 Å². The summed E-state index contributed by atoms with van der Waals surface area (Å²) >= 11 is 3.31. The molecule has 0 saturated carbocycles. The molecule has 0 aliphatic carbocycles. The van der Waals surface area contributed by atoms with E-state index in [1.54, 1.807) is 22.7 Å². The molecule has 0 amide bonds. The van der Waals surface area contributed by atoms with E-state index in [4.69, 9.17) is 0 Å². The van der Waals surface area contributed by atoms with Crippen molar-refractivity contribution in [2.24, 2.45) is 0 Å². The van der Waals surface area contributed by atoms with Crippen molar-refractivity contribution in [2.75, 3.05) is 5.32 Å². The first-order valence-corrected chi connectivity index (χ1v) is 8.05. The largest absolute Gasteiger partial charge is 0.332 e. The Kier molecular flexibility index (Phi) is 5.13. The molecule has 0 radical (unpaired) electrons. The van der Waals surface area contributed by atoms with Gasteiger partial charge in [-0.15, -0.1) is 39.7 Å². The molecule has 0 unspecified atom stereocenters. The summed E-state index contributed by atoms with van der Waals surface area (Å²) < 4.78 is 0. The molecule has 6 heteroatoms. The Balaban J connectivity index is 0.00000161. The van der Waals surface area contributed by atoms with Crippen LogP contribution in [0.3, 0.4) is 0 Å². The molecule has 0 saturated heterocycles. The number of hydrogen-bond acceptors (Lipinski definition) is 5. The molecule has 1 aromatic carbocycles. The Morgan fingerprint density at radius 3 is 2.57 bits per heavy atom. The topological polar surface area (TPSA) is 37.8 Å². The van der Waals surface area contributed by atoms with Crippen LogP contribution in [0.2, 0.25) is 0 Å². The lowest BCUT2D eigenvalue weighted by Crippen LogP contribution is -1.89. The summed E-state index contributed by atoms with van der Waals surface area (Å²) in [7, 11) is 0. The van der Waals surface area contributed by atoms with Crippen molar-refractivity contribution >= 4 is 50.5 Å². The Morgan fingerprint density at radius 2 is 1.90 bits per heavy atom. The van der Waals surface area contributed by atoms with Gasteiger partial charge in [-0.3, -0.25) is 0 Å². The maximum atomic E-state index is 4.66. The van der Waals surface area contributed by atoms with Gasteiger partial charge in [0.15, 0.2) is 5.13 Å². The lowest BCUT2D eigenvalue weighted by Gasteiger charge is -2.02. The molecule has 0 spiro atoms. The number of hydrogen-bond donors (Lipinski definition) is 1. The van der Waals surface area contributed by atoms with Crippen LogP contribution >= 0.6 is 39.7 Å². The van der Waals surface area contributed by atoms with Crippen LogP contribution in [0.1, 0.15) is 16.3 Å². The van der Waals surface area contributed by atoms with Crippen LogP contribution in [-0.2, 0) is 0 Å². The molecule has 21 heavy (non-hydrogen) atoms. The van der Waals surface area contributed by atoms with Crippen molar-refractivity contribution in [1.82, 2.24) is 9.97 Å². The lowest BCUT2D eigenvalue weighted by molar-refractivity contribution is 1.20. The normalized spacial score (nSPS) is 10.2. The first kappa shape index (κ1) is 16.1. The SMILES string of the molecule is Br.Cc1cccc(Nc2nc(-c3sc(C)nc3C)cs2)c1. The molecular formula is C15H16BrN3S2. The fourth-order valence-electron chi connectivity index (χ4n) is 2.05. The summed E-state index contributed by atoms with van der Waals surface area (Å²) in [6, 6.07) is 8.30. The number of nitrogens with zero attached hydrogens (tertiary/aromatic N) is 2. The lowest BCUT2D eigenvalue weighted by atomic mass is 10.2. The first-order chi connectivity index (χ1) is 9.61. The summed E-state index contributed by atoms with van der Waals surface area (Å²) in [4.78, 5) is 10.3. The second kappa shape index (κ2) is 6.68. The van der Waals surface area contributed by atoms with E-state index < -0.39 is 0 Å². The Hall–Kier alpha value is -1.24. The van der Waals surface area contributed by atoms with Crippen LogP contribution in [0, 0.1) is 20.8 Å². The number of benzene rings is 1. The molecule has 3 nitrogen and oxygen atoms in total. The van der Waals surface area contributed by atoms with Crippen LogP contribution in [0.25, 0.3) is 10.6 Å². The monoisotopic (exact) mass is 381 g/mol. The second-order valence-corrected chi connectivity index (χ2v) is 6.74. The van der Waals surface area contributed by atoms with E-state index in [0.29, 0.717) is 0 Å². The van der Waals surface area contributed by atoms with E-state index in [2.05, 4.69) is 45.8 Å². The third-order valence-electron chi connectivity index (χ3n) is 2.91. The highest BCUT2D eigenvalue weighted by Gasteiger charge is 2.11. The van der Waals surface area contributed by atoms with Gasteiger partial charge in [-0.25, -0.2) is 9.97 Å². The van der Waals surface area contributed by atoms with Gasteiger partial charge in [0.1, 0.15) is 0 Å². The van der Waals surface area contributed by atoms with Gasteiger partial charge in [0.05, 0.1) is 21.3 Å². The number of nitrogens with one attached hydrogen (secondary N) is 1. The predicted octanol–water partition coefficient (Wildman–Crippen LogP) is 5.51. The third kappa shape index (κ3) is 3.70. The molecule has 0 fully saturated rings. The molecule has 110 valence electrons. The number of anilines is 2. The van der Waals surface area contributed by atoms with Crippen LogP contribution in [0.4, 0.5) is 10.8 Å². The predicted molar refractivity (Wildman–Crippen MR) is 97.5 cm³/mol. The smallest absolute Gasteiger partial charge is 0.187 e. The molecule has 3 rings (SSSR count). The second-order valence-electron chi connectivity index (χ2n) is 4.68. The Labute approximate surface area is 142 Å². The highest BCUT2D eigenvalue weighted by Crippen LogP contribution is 2.32. The van der Waals surface area contributed by atoms with Gasteiger partial charge in [0.2, 0.25) is 0 Å². The fourth-order valence-corrected chi connectivity index (χ4v) is 3.73. The first-order valence-electron chi connectivity index (χ1n) is 6.35. The van der Waals surface area contributed by atoms with Crippen molar-refractivity contribution in [2.45, 2.75) is 20.8 Å². The highest BCUT2D eigenvalue weighted by molar-refractivity contribution is 8.93. The van der Waals surface area contributed by atoms with Gasteiger partial charge < -0.3 is 5.32 Å². The van der Waals surface area contributed by atoms with Crippen LogP contribution in [0.5, 0.6) is 0 Å². The molecule has 2 heterocycles. The van der Waals surface area contributed by atoms with E-state index in [-0.39, 0.29) is 17.0 Å². The average Bonchev–Trinajstić information content (AvgIpc) is 2.96. The van der Waals surface area contributed by atoms with Gasteiger partial charge in [0, 0.05) is 11.1 Å². The van der Waals surface area contributed by atoms with Crippen LogP contribution in [-0.4, -0.2) is 9.97 Å². The fraction of sp³-hybridized carbons (Fsp3) is 0.200. The van der Waals surface area contributed by atoms with Gasteiger partial charge in [0.25, 0.3) is 0 Å². The summed E-state index contributed by atoms with van der Waals surface area (Å²) in [5.41, 5.74) is 4.37. The number of rotatable bonds is 3. The molecule has 0 aliphatic heterocycles. The highest BCUT2D eigenvalue weighted by atomic mass is 79.9. The number of halogens is 1. The molecule has 2 aromatic heterocycles. The minimum absolute atomic E-state index is 0. The zero-order valence-corrected chi connectivity index (χ0v) is 15.4. The zero-order valence-electron chi connectivity index (χ0n) is 12.0. The van der Waals surface area contributed by atoms with Crippen molar-refractivity contribution in [3.63, 3.8) is 0 Å². The van der Waals surface area contributed by atoms with Gasteiger partial charge >= 0.3 is 0 Å². The summed E-state index contributed by atoms with van der Waals surface area (Å²) in [5.74, 6) is 0. The summed E-state index contributed by atoms with van der Waals surface area (Å²) in [6.45, 7) is 6.15. The zero-order chi connectivity index (χ0) is 14.1. The van der Waals surface area contributed by atoms with E-state index in [1.165, 1.54) is 5.56 Å². The number of thiazole rings is 2. The standard InChI is InChI=1S/C15H15N3S2.BrH/c1-9-5-4-6-12(7-9)17-15-18-13(8-19-15)14-10(2)16-11(3)20-14;/h4-8H,1-3H3,(H,17,18);1H. The summed E-state index contributed by atoms with van der Waals surface area (Å²) in [5, 5.41) is 7.43. The molecule has 1 N–H and O–H groups in total. The van der Waals surface area contributed by atoms with Crippen molar-refractivity contribution in [3.8, 4) is 10.6 Å². The molecule has 0 aliphatic rings. The maximum Gasteiger partial charge on any atom is 0.187 e. The quantitative estimate of drug-likeness (QED) is 0.649. The van der Waals surface area contributed by atoms with E-state index in [1.807, 2.05) is 19.9 Å². The van der Waals surface area contributed by atoms with E-state index in [0.717, 1.165) is 32.1 Å². The van der Waals surface area contributed by atoms with Crippen molar-refractivity contribution in [1.29, 1.82) is 0 Å². The minimum atomic E-state index is 0. The number of aromatic nitrogens is 2. The van der Waals surface area contributed by atoms with Gasteiger partial charge in [-0.2, -0.15) is 0 Å². The molecule has 3 aromatic rings. The minimum Gasteiger partial charge on any atom is -0.332 e. The van der Waals surface area contributed by atoms with Crippen LogP contribution < -0.4 is 5.32 Å². The van der Waals surface area contributed by atoms with E-state index >= 15 is 0 Å². The average molecular weight is 382 g/mol. The molecule has 0 bridgehead atoms. The van der Waals surface area contributed by atoms with E-state index in [9.17, 15) is 0 Å². The third-order valence-corrected chi connectivity index (χ3v) is 4.76. The Bertz CT molecular complexity index is 749. The van der Waals surface area contributed by atoms with Gasteiger partial charge in [-0.1, -0.05) is 12.1 Å². The van der Waals surface area contributed by atoms with Crippen molar-refractivity contribution in [3.05, 3.63) is 45.9 Å². The summed E-state index contributed by atoms with van der Waals surface area (Å²) in [6.07, 6.45) is 0.